The predicted molar refractivity (Wildman–Crippen MR) is 135 cm³/mol. The van der Waals surface area contributed by atoms with Crippen LogP contribution in [0.2, 0.25) is 0 Å². The topological polar surface area (TPSA) is 102 Å². The van der Waals surface area contributed by atoms with Crippen LogP contribution in [0.25, 0.3) is 0 Å². The Bertz CT molecular complexity index is 936. The number of amides is 2. The van der Waals surface area contributed by atoms with Crippen LogP contribution in [-0.2, 0) is 9.47 Å². The monoisotopic (exact) mass is 501 g/mol. The Labute approximate surface area is 213 Å². The van der Waals surface area contributed by atoms with E-state index in [1.54, 1.807) is 36.3 Å². The second-order valence-corrected chi connectivity index (χ2v) is 9.43. The van der Waals surface area contributed by atoms with Gasteiger partial charge in [-0.3, -0.25) is 15.0 Å². The summed E-state index contributed by atoms with van der Waals surface area (Å²) in [5.74, 6) is -0.216. The lowest BCUT2D eigenvalue weighted by Crippen LogP contribution is -2.63. The Morgan fingerprint density at radius 3 is 2.56 bits per heavy atom. The Balaban J connectivity index is 1.73. The maximum atomic E-state index is 13.4. The van der Waals surface area contributed by atoms with Gasteiger partial charge in [0.05, 0.1) is 25.1 Å². The molecule has 0 bridgehead atoms. The lowest BCUT2D eigenvalue weighted by atomic mass is 10.0. The second-order valence-electron chi connectivity index (χ2n) is 9.43. The summed E-state index contributed by atoms with van der Waals surface area (Å²) in [6, 6.07) is 9.00. The van der Waals surface area contributed by atoms with E-state index in [1.165, 1.54) is 0 Å². The zero-order valence-electron chi connectivity index (χ0n) is 21.7. The van der Waals surface area contributed by atoms with Crippen LogP contribution < -0.4 is 16.1 Å². The summed E-state index contributed by atoms with van der Waals surface area (Å²) >= 11 is 0. The van der Waals surface area contributed by atoms with Gasteiger partial charge in [-0.05, 0) is 33.0 Å². The molecule has 0 spiro atoms. The maximum Gasteiger partial charge on any atom is 0.430 e. The smallest absolute Gasteiger partial charge is 0.430 e. The summed E-state index contributed by atoms with van der Waals surface area (Å²) in [6.45, 7) is 8.83. The van der Waals surface area contributed by atoms with Gasteiger partial charge in [0.1, 0.15) is 6.17 Å². The largest absolute Gasteiger partial charge is 0.448 e. The number of hydrogen-bond donors (Lipinski definition) is 3. The average Bonchev–Trinajstić information content (AvgIpc) is 3.18. The number of ether oxygens (including phenoxy) is 2. The number of piperazine rings is 1. The van der Waals surface area contributed by atoms with Gasteiger partial charge in [-0.25, -0.2) is 10.2 Å². The van der Waals surface area contributed by atoms with Crippen molar-refractivity contribution >= 4 is 12.0 Å². The number of nitrogens with one attached hydrogen (secondary N) is 3. The summed E-state index contributed by atoms with van der Waals surface area (Å²) in [7, 11) is 3.76. The van der Waals surface area contributed by atoms with Crippen LogP contribution in [0, 0.1) is 0 Å². The lowest BCUT2D eigenvalue weighted by molar-refractivity contribution is -0.0619. The number of hydrazine groups is 2. The normalized spacial score (nSPS) is 24.5. The summed E-state index contributed by atoms with van der Waals surface area (Å²) in [4.78, 5) is 31.4. The van der Waals surface area contributed by atoms with E-state index in [-0.39, 0.29) is 24.7 Å². The molecular formula is C25H39N7O4. The van der Waals surface area contributed by atoms with E-state index in [0.29, 0.717) is 25.1 Å². The molecule has 198 valence electrons. The molecule has 1 saturated heterocycles. The summed E-state index contributed by atoms with van der Waals surface area (Å²) in [6.07, 6.45) is -0.566. The van der Waals surface area contributed by atoms with Crippen molar-refractivity contribution < 1.29 is 19.1 Å². The molecule has 3 aliphatic rings. The number of nitrogens with zero attached hydrogens (tertiary/aromatic N) is 4. The summed E-state index contributed by atoms with van der Waals surface area (Å²) in [5, 5.41) is 10.1. The number of rotatable bonds is 8. The zero-order chi connectivity index (χ0) is 25.7. The first-order chi connectivity index (χ1) is 17.4. The molecule has 3 unspecified atom stereocenters. The fourth-order valence-corrected chi connectivity index (χ4v) is 5.02. The molecule has 0 saturated carbocycles. The van der Waals surface area contributed by atoms with Gasteiger partial charge in [0.25, 0.3) is 5.91 Å². The van der Waals surface area contributed by atoms with Crippen LogP contribution >= 0.6 is 0 Å². The van der Waals surface area contributed by atoms with Crippen molar-refractivity contribution in [1.82, 2.24) is 36.0 Å². The minimum absolute atomic E-state index is 0.120. The molecule has 11 nitrogen and oxygen atoms in total. The van der Waals surface area contributed by atoms with E-state index in [2.05, 4.69) is 32.9 Å². The van der Waals surface area contributed by atoms with Crippen LogP contribution in [0.15, 0.2) is 41.6 Å². The van der Waals surface area contributed by atoms with Gasteiger partial charge in [-0.1, -0.05) is 18.2 Å². The molecular weight excluding hydrogens is 462 g/mol. The van der Waals surface area contributed by atoms with Crippen molar-refractivity contribution in [3.05, 3.63) is 47.2 Å². The first-order valence-corrected chi connectivity index (χ1v) is 12.7. The molecule has 3 N–H and O–H groups in total. The quantitative estimate of drug-likeness (QED) is 0.477. The maximum absolute atomic E-state index is 13.4. The third-order valence-electron chi connectivity index (χ3n) is 6.75. The van der Waals surface area contributed by atoms with Crippen molar-refractivity contribution in [3.63, 3.8) is 0 Å². The Morgan fingerprint density at radius 1 is 1.17 bits per heavy atom. The van der Waals surface area contributed by atoms with Crippen LogP contribution in [0.4, 0.5) is 4.79 Å². The van der Waals surface area contributed by atoms with Gasteiger partial charge >= 0.3 is 6.09 Å². The number of carbonyl (C=O) groups is 2. The van der Waals surface area contributed by atoms with Crippen LogP contribution in [-0.4, -0.2) is 110 Å². The zero-order valence-corrected chi connectivity index (χ0v) is 21.7. The van der Waals surface area contributed by atoms with E-state index in [1.807, 2.05) is 25.1 Å². The molecule has 1 aromatic carbocycles. The molecule has 2 amide bonds. The molecule has 36 heavy (non-hydrogen) atoms. The van der Waals surface area contributed by atoms with Crippen LogP contribution in [0.3, 0.4) is 0 Å². The van der Waals surface area contributed by atoms with Crippen molar-refractivity contribution in [1.29, 1.82) is 0 Å². The SMILES string of the molecule is CCOC(=O)N1C2=C(C(N3CCN(C)CC3)NCC2)C(NC(=O)c2ccccc2)N1NC(C)COC. The van der Waals surface area contributed by atoms with E-state index < -0.39 is 12.3 Å². The van der Waals surface area contributed by atoms with Gasteiger partial charge in [0.15, 0.2) is 0 Å². The number of methoxy groups -OCH3 is 1. The van der Waals surface area contributed by atoms with E-state index in [0.717, 1.165) is 37.4 Å². The minimum Gasteiger partial charge on any atom is -0.448 e. The highest BCUT2D eigenvalue weighted by atomic mass is 16.6. The number of carbonyl (C=O) groups excluding carboxylic acids is 2. The molecule has 1 fully saturated rings. The highest BCUT2D eigenvalue weighted by Crippen LogP contribution is 2.36. The van der Waals surface area contributed by atoms with Crippen molar-refractivity contribution in [3.8, 4) is 0 Å². The molecule has 1 aromatic rings. The fourth-order valence-electron chi connectivity index (χ4n) is 5.02. The molecule has 3 aliphatic heterocycles. The van der Waals surface area contributed by atoms with Gasteiger partial charge in [0.2, 0.25) is 0 Å². The van der Waals surface area contributed by atoms with Crippen LogP contribution in [0.1, 0.15) is 30.6 Å². The van der Waals surface area contributed by atoms with Crippen LogP contribution in [0.5, 0.6) is 0 Å². The van der Waals surface area contributed by atoms with Crippen molar-refractivity contribution in [2.45, 2.75) is 38.6 Å². The number of hydrogen-bond acceptors (Lipinski definition) is 9. The minimum atomic E-state index is -0.603. The third kappa shape index (κ3) is 5.72. The molecule has 0 radical (unpaired) electrons. The molecule has 4 rings (SSSR count). The highest BCUT2D eigenvalue weighted by molar-refractivity contribution is 5.94. The first-order valence-electron chi connectivity index (χ1n) is 12.7. The van der Waals surface area contributed by atoms with Gasteiger partial charge in [-0.15, -0.1) is 5.12 Å². The molecule has 0 aromatic heterocycles. The Morgan fingerprint density at radius 2 is 1.89 bits per heavy atom. The molecule has 3 heterocycles. The van der Waals surface area contributed by atoms with E-state index >= 15 is 0 Å². The van der Waals surface area contributed by atoms with Crippen molar-refractivity contribution in [2.24, 2.45) is 0 Å². The Kier molecular flexibility index (Phi) is 8.94. The van der Waals surface area contributed by atoms with Gasteiger partial charge in [0, 0.05) is 63.4 Å². The van der Waals surface area contributed by atoms with E-state index in [9.17, 15) is 9.59 Å². The lowest BCUT2D eigenvalue weighted by Gasteiger charge is -2.41. The van der Waals surface area contributed by atoms with Crippen molar-refractivity contribution in [2.75, 3.05) is 60.1 Å². The van der Waals surface area contributed by atoms with Gasteiger partial charge < -0.3 is 19.7 Å². The summed E-state index contributed by atoms with van der Waals surface area (Å²) < 4.78 is 10.8. The Hall–Kier alpha value is -2.54. The number of likely N-dealkylation sites (N-methyl/N-ethyl adjacent to an activating group) is 1. The van der Waals surface area contributed by atoms with E-state index in [4.69, 9.17) is 9.47 Å². The molecule has 0 aliphatic carbocycles. The first kappa shape index (κ1) is 26.5. The second kappa shape index (κ2) is 12.1. The fraction of sp³-hybridized carbons (Fsp3) is 0.600. The summed E-state index contributed by atoms with van der Waals surface area (Å²) in [5.41, 5.74) is 5.75. The predicted octanol–water partition coefficient (Wildman–Crippen LogP) is 0.792. The molecule has 3 atom stereocenters. The average molecular weight is 502 g/mol. The highest BCUT2D eigenvalue weighted by Gasteiger charge is 2.49. The standard InChI is InChI=1S/C25H39N7O4/c1-5-36-25(34)31-20-11-12-26-22(30-15-13-29(3)14-16-30)21(20)23(32(31)28-18(2)17-35-4)27-24(33)19-9-7-6-8-10-19/h6-10,18,22-23,26,28H,5,11-17H2,1-4H3,(H,27,33). The number of benzene rings is 1. The third-order valence-corrected chi connectivity index (χ3v) is 6.75. The van der Waals surface area contributed by atoms with Gasteiger partial charge in [-0.2, -0.15) is 5.01 Å². The molecule has 11 heteroatoms.